The lowest BCUT2D eigenvalue weighted by atomic mass is 9.89. The lowest BCUT2D eigenvalue weighted by Gasteiger charge is -2.38. The molecule has 0 amide bonds. The van der Waals surface area contributed by atoms with E-state index < -0.39 is 0 Å². The summed E-state index contributed by atoms with van der Waals surface area (Å²) >= 11 is 0. The van der Waals surface area contributed by atoms with Crippen molar-refractivity contribution in [3.8, 4) is 0 Å². The molecule has 0 aliphatic carbocycles. The maximum atomic E-state index is 5.19. The van der Waals surface area contributed by atoms with Crippen molar-refractivity contribution in [1.29, 1.82) is 0 Å². The number of rotatable bonds is 5. The number of hydrogen-bond acceptors (Lipinski definition) is 4. The highest BCUT2D eigenvalue weighted by Gasteiger charge is 2.32. The van der Waals surface area contributed by atoms with Gasteiger partial charge in [0.25, 0.3) is 0 Å². The maximum absolute atomic E-state index is 5.19. The Morgan fingerprint density at radius 3 is 2.93 bits per heavy atom. The molecule has 0 spiro atoms. The molecule has 5 nitrogen and oxygen atoms in total. The summed E-state index contributed by atoms with van der Waals surface area (Å²) < 4.78 is 7.15. The van der Waals surface area contributed by atoms with Gasteiger partial charge in [-0.05, 0) is 0 Å². The molecule has 0 aromatic carbocycles. The number of aromatic nitrogens is 3. The van der Waals surface area contributed by atoms with E-state index in [-0.39, 0.29) is 0 Å². The molecule has 1 aliphatic rings. The number of nitrogens with zero attached hydrogens (tertiary/aromatic N) is 3. The van der Waals surface area contributed by atoms with Crippen LogP contribution < -0.4 is 5.32 Å². The average molecular weight is 210 g/mol. The fourth-order valence-corrected chi connectivity index (χ4v) is 1.68. The average Bonchev–Trinajstić information content (AvgIpc) is 2.56. The van der Waals surface area contributed by atoms with E-state index >= 15 is 0 Å². The van der Waals surface area contributed by atoms with Gasteiger partial charge >= 0.3 is 0 Å². The Labute approximate surface area is 89.8 Å². The van der Waals surface area contributed by atoms with Crippen LogP contribution in [-0.4, -0.2) is 41.1 Å². The third kappa shape index (κ3) is 2.54. The first kappa shape index (κ1) is 10.6. The fraction of sp³-hybridized carbons (Fsp3) is 0.800. The molecule has 2 rings (SSSR count). The van der Waals surface area contributed by atoms with Crippen LogP contribution in [0.2, 0.25) is 0 Å². The summed E-state index contributed by atoms with van der Waals surface area (Å²) in [5, 5.41) is 11.3. The third-order valence-electron chi connectivity index (χ3n) is 2.78. The van der Waals surface area contributed by atoms with E-state index in [2.05, 4.69) is 22.4 Å². The Balaban J connectivity index is 1.65. The highest BCUT2D eigenvalue weighted by molar-refractivity contribution is 4.87. The van der Waals surface area contributed by atoms with Crippen LogP contribution >= 0.6 is 0 Å². The lowest BCUT2D eigenvalue weighted by molar-refractivity contribution is -0.0988. The summed E-state index contributed by atoms with van der Waals surface area (Å²) in [7, 11) is 1.97. The summed E-state index contributed by atoms with van der Waals surface area (Å²) in [6.45, 7) is 5.96. The van der Waals surface area contributed by atoms with Gasteiger partial charge in [0.15, 0.2) is 0 Å². The normalized spacial score (nSPS) is 18.8. The zero-order chi connectivity index (χ0) is 10.7. The third-order valence-corrected chi connectivity index (χ3v) is 2.78. The summed E-state index contributed by atoms with van der Waals surface area (Å²) in [5.41, 5.74) is 0.347. The van der Waals surface area contributed by atoms with Gasteiger partial charge < -0.3 is 14.6 Å². The Morgan fingerprint density at radius 1 is 1.60 bits per heavy atom. The fourth-order valence-electron chi connectivity index (χ4n) is 1.68. The lowest BCUT2D eigenvalue weighted by Crippen LogP contribution is -2.47. The van der Waals surface area contributed by atoms with Crippen LogP contribution in [0.1, 0.15) is 12.7 Å². The molecule has 1 aliphatic heterocycles. The molecule has 1 fully saturated rings. The van der Waals surface area contributed by atoms with E-state index in [1.54, 1.807) is 6.33 Å². The van der Waals surface area contributed by atoms with Gasteiger partial charge in [-0.3, -0.25) is 0 Å². The quantitative estimate of drug-likeness (QED) is 0.694. The van der Waals surface area contributed by atoms with Crippen LogP contribution in [0, 0.1) is 5.41 Å². The van der Waals surface area contributed by atoms with Gasteiger partial charge in [-0.15, -0.1) is 10.2 Å². The molecule has 1 N–H and O–H groups in total. The number of hydrogen-bond donors (Lipinski definition) is 1. The second kappa shape index (κ2) is 4.28. The zero-order valence-electron chi connectivity index (χ0n) is 9.36. The van der Waals surface area contributed by atoms with Gasteiger partial charge in [0.05, 0.1) is 13.2 Å². The highest BCUT2D eigenvalue weighted by Crippen LogP contribution is 2.24. The molecule has 1 saturated heterocycles. The smallest absolute Gasteiger partial charge is 0.133 e. The SMILES string of the molecule is Cn1cnnc1CCNCC1(C)COC1. The van der Waals surface area contributed by atoms with Crippen LogP contribution in [0.15, 0.2) is 6.33 Å². The minimum atomic E-state index is 0.347. The second-order valence-electron chi connectivity index (χ2n) is 4.59. The number of ether oxygens (including phenoxy) is 1. The van der Waals surface area contributed by atoms with Crippen molar-refractivity contribution in [2.75, 3.05) is 26.3 Å². The van der Waals surface area contributed by atoms with Crippen LogP contribution in [0.5, 0.6) is 0 Å². The molecule has 15 heavy (non-hydrogen) atoms. The second-order valence-corrected chi connectivity index (χ2v) is 4.59. The topological polar surface area (TPSA) is 52.0 Å². The standard InChI is InChI=1S/C10H18N4O/c1-10(6-15-7-10)5-11-4-3-9-13-12-8-14(9)2/h8,11H,3-7H2,1-2H3. The van der Waals surface area contributed by atoms with Crippen molar-refractivity contribution >= 4 is 0 Å². The molecule has 0 atom stereocenters. The molecule has 2 heterocycles. The van der Waals surface area contributed by atoms with Gasteiger partial charge in [-0.1, -0.05) is 6.92 Å². The molecule has 5 heteroatoms. The first-order chi connectivity index (χ1) is 7.20. The van der Waals surface area contributed by atoms with Crippen LogP contribution in [0.25, 0.3) is 0 Å². The molecule has 1 aromatic rings. The molecule has 1 aromatic heterocycles. The maximum Gasteiger partial charge on any atom is 0.133 e. The molecule has 0 saturated carbocycles. The summed E-state index contributed by atoms with van der Waals surface area (Å²) in [5.74, 6) is 1.03. The van der Waals surface area contributed by atoms with Crippen molar-refractivity contribution in [3.05, 3.63) is 12.2 Å². The van der Waals surface area contributed by atoms with Crippen molar-refractivity contribution in [2.24, 2.45) is 12.5 Å². The largest absolute Gasteiger partial charge is 0.380 e. The Bertz CT molecular complexity index is 319. The Hall–Kier alpha value is -0.940. The van der Waals surface area contributed by atoms with Gasteiger partial charge in [0.2, 0.25) is 0 Å². The van der Waals surface area contributed by atoms with E-state index in [0.717, 1.165) is 38.5 Å². The minimum Gasteiger partial charge on any atom is -0.380 e. The Kier molecular flexibility index (Phi) is 3.02. The summed E-state index contributed by atoms with van der Waals surface area (Å²) in [6.07, 6.45) is 2.66. The van der Waals surface area contributed by atoms with E-state index in [1.165, 1.54) is 0 Å². The van der Waals surface area contributed by atoms with Gasteiger partial charge in [-0.25, -0.2) is 0 Å². The van der Waals surface area contributed by atoms with Crippen molar-refractivity contribution in [2.45, 2.75) is 13.3 Å². The molecular weight excluding hydrogens is 192 g/mol. The predicted molar refractivity (Wildman–Crippen MR) is 56.5 cm³/mol. The first-order valence-corrected chi connectivity index (χ1v) is 5.31. The van der Waals surface area contributed by atoms with Crippen LogP contribution in [0.4, 0.5) is 0 Å². The first-order valence-electron chi connectivity index (χ1n) is 5.31. The molecule has 0 unspecified atom stereocenters. The van der Waals surface area contributed by atoms with Gasteiger partial charge in [-0.2, -0.15) is 0 Å². The molecule has 0 radical (unpaired) electrons. The van der Waals surface area contributed by atoms with E-state index in [0.29, 0.717) is 5.41 Å². The predicted octanol–water partition coefficient (Wildman–Crippen LogP) is -0.0163. The van der Waals surface area contributed by atoms with Crippen molar-refractivity contribution in [1.82, 2.24) is 20.1 Å². The minimum absolute atomic E-state index is 0.347. The summed E-state index contributed by atoms with van der Waals surface area (Å²) in [6, 6.07) is 0. The molecule has 0 bridgehead atoms. The monoisotopic (exact) mass is 210 g/mol. The van der Waals surface area contributed by atoms with Gasteiger partial charge in [0.1, 0.15) is 12.2 Å². The number of aryl methyl sites for hydroxylation is 1. The molecule has 84 valence electrons. The van der Waals surface area contributed by atoms with Crippen molar-refractivity contribution < 1.29 is 4.74 Å². The van der Waals surface area contributed by atoms with Crippen molar-refractivity contribution in [3.63, 3.8) is 0 Å². The number of nitrogens with one attached hydrogen (secondary N) is 1. The van der Waals surface area contributed by atoms with E-state index in [4.69, 9.17) is 4.74 Å². The zero-order valence-corrected chi connectivity index (χ0v) is 9.36. The van der Waals surface area contributed by atoms with E-state index in [9.17, 15) is 0 Å². The highest BCUT2D eigenvalue weighted by atomic mass is 16.5. The van der Waals surface area contributed by atoms with Gasteiger partial charge in [0, 0.05) is 32.0 Å². The van der Waals surface area contributed by atoms with Crippen LogP contribution in [-0.2, 0) is 18.2 Å². The molecular formula is C10H18N4O. The Morgan fingerprint density at radius 2 is 2.40 bits per heavy atom. The van der Waals surface area contributed by atoms with Crippen LogP contribution in [0.3, 0.4) is 0 Å². The summed E-state index contributed by atoms with van der Waals surface area (Å²) in [4.78, 5) is 0. The van der Waals surface area contributed by atoms with E-state index in [1.807, 2.05) is 11.6 Å².